The van der Waals surface area contributed by atoms with E-state index in [-0.39, 0.29) is 0 Å². The lowest BCUT2D eigenvalue weighted by molar-refractivity contribution is 0.454. The highest BCUT2D eigenvalue weighted by Crippen LogP contribution is 2.22. The van der Waals surface area contributed by atoms with Gasteiger partial charge in [0.2, 0.25) is 5.95 Å². The topological polar surface area (TPSA) is 75.6 Å². The maximum atomic E-state index is 4.66. The number of hydrogen-bond acceptors (Lipinski definition) is 6. The Morgan fingerprint density at radius 1 is 1.14 bits per heavy atom. The van der Waals surface area contributed by atoms with E-state index < -0.39 is 0 Å². The van der Waals surface area contributed by atoms with Crippen LogP contribution in [0.15, 0.2) is 18.5 Å². The predicted octanol–water partition coefficient (Wildman–Crippen LogP) is 2.09. The van der Waals surface area contributed by atoms with Crippen molar-refractivity contribution in [1.82, 2.24) is 25.3 Å². The van der Waals surface area contributed by atoms with Gasteiger partial charge < -0.3 is 10.6 Å². The fourth-order valence-electron chi connectivity index (χ4n) is 2.64. The van der Waals surface area contributed by atoms with Gasteiger partial charge in [-0.2, -0.15) is 0 Å². The van der Waals surface area contributed by atoms with Crippen LogP contribution < -0.4 is 10.6 Å². The Morgan fingerprint density at radius 3 is 2.67 bits per heavy atom. The van der Waals surface area contributed by atoms with Crippen LogP contribution in [0.2, 0.25) is 0 Å². The zero-order valence-corrected chi connectivity index (χ0v) is 12.4. The first-order valence-corrected chi connectivity index (χ1v) is 7.33. The molecule has 0 amide bonds. The molecule has 2 aromatic rings. The maximum Gasteiger partial charge on any atom is 0.228 e. The van der Waals surface area contributed by atoms with Crippen molar-refractivity contribution in [1.29, 1.82) is 0 Å². The third-order valence-corrected chi connectivity index (χ3v) is 3.59. The smallest absolute Gasteiger partial charge is 0.228 e. The Kier molecular flexibility index (Phi) is 4.06. The minimum absolute atomic E-state index is 0.438. The molecule has 1 saturated heterocycles. The molecule has 3 rings (SSSR count). The summed E-state index contributed by atoms with van der Waals surface area (Å²) in [7, 11) is 0. The van der Waals surface area contributed by atoms with Gasteiger partial charge in [-0.15, -0.1) is 0 Å². The van der Waals surface area contributed by atoms with Gasteiger partial charge >= 0.3 is 0 Å². The summed E-state index contributed by atoms with van der Waals surface area (Å²) >= 11 is 0. The molecule has 1 aliphatic rings. The highest BCUT2D eigenvalue weighted by atomic mass is 15.1. The SMILES string of the molecule is Cc1cc(C)nc(Nc2cncc([C@@H]3CCCNC3)n2)n1. The predicted molar refractivity (Wildman–Crippen MR) is 81.7 cm³/mol. The molecule has 0 aliphatic carbocycles. The Bertz CT molecular complexity index is 601. The summed E-state index contributed by atoms with van der Waals surface area (Å²) < 4.78 is 0. The van der Waals surface area contributed by atoms with Crippen LogP contribution in [0.1, 0.15) is 35.8 Å². The van der Waals surface area contributed by atoms with Gasteiger partial charge in [0, 0.05) is 30.0 Å². The molecule has 2 aromatic heterocycles. The second-order valence-electron chi connectivity index (χ2n) is 5.47. The van der Waals surface area contributed by atoms with Crippen LogP contribution in [-0.2, 0) is 0 Å². The van der Waals surface area contributed by atoms with Crippen molar-refractivity contribution in [3.8, 4) is 0 Å². The molecule has 0 aromatic carbocycles. The Balaban J connectivity index is 1.79. The normalized spacial score (nSPS) is 18.5. The average molecular weight is 284 g/mol. The first-order valence-electron chi connectivity index (χ1n) is 7.33. The molecule has 0 spiro atoms. The number of nitrogens with zero attached hydrogens (tertiary/aromatic N) is 4. The van der Waals surface area contributed by atoms with E-state index in [1.54, 1.807) is 6.20 Å². The molecule has 1 atom stereocenters. The average Bonchev–Trinajstić information content (AvgIpc) is 2.47. The van der Waals surface area contributed by atoms with Crippen molar-refractivity contribution in [2.75, 3.05) is 18.4 Å². The number of aryl methyl sites for hydroxylation is 2. The van der Waals surface area contributed by atoms with Crippen LogP contribution >= 0.6 is 0 Å². The van der Waals surface area contributed by atoms with E-state index in [0.717, 1.165) is 36.6 Å². The zero-order chi connectivity index (χ0) is 14.7. The van der Waals surface area contributed by atoms with E-state index in [1.807, 2.05) is 26.1 Å². The lowest BCUT2D eigenvalue weighted by Crippen LogP contribution is -2.29. The largest absolute Gasteiger partial charge is 0.316 e. The molecule has 0 unspecified atom stereocenters. The Hall–Kier alpha value is -2.08. The summed E-state index contributed by atoms with van der Waals surface area (Å²) in [6, 6.07) is 1.95. The van der Waals surface area contributed by atoms with Crippen molar-refractivity contribution in [3.63, 3.8) is 0 Å². The van der Waals surface area contributed by atoms with Gasteiger partial charge in [-0.1, -0.05) is 0 Å². The second kappa shape index (κ2) is 6.13. The standard InChI is InChI=1S/C15H20N6/c1-10-6-11(2)19-15(18-10)21-14-9-17-8-13(20-14)12-4-3-5-16-7-12/h6,8-9,12,16H,3-5,7H2,1-2H3,(H,18,19,20,21)/t12-/m1/s1. The molecule has 2 N–H and O–H groups in total. The van der Waals surface area contributed by atoms with Crippen molar-refractivity contribution in [3.05, 3.63) is 35.5 Å². The minimum Gasteiger partial charge on any atom is -0.316 e. The molecule has 110 valence electrons. The summed E-state index contributed by atoms with van der Waals surface area (Å²) in [5.74, 6) is 1.71. The fourth-order valence-corrected chi connectivity index (χ4v) is 2.64. The lowest BCUT2D eigenvalue weighted by Gasteiger charge is -2.22. The third kappa shape index (κ3) is 3.52. The third-order valence-electron chi connectivity index (χ3n) is 3.59. The van der Waals surface area contributed by atoms with Gasteiger partial charge in [0.25, 0.3) is 0 Å². The number of nitrogens with one attached hydrogen (secondary N) is 2. The molecule has 6 heteroatoms. The zero-order valence-electron chi connectivity index (χ0n) is 12.4. The van der Waals surface area contributed by atoms with Gasteiger partial charge in [0.15, 0.2) is 5.82 Å². The molecule has 0 bridgehead atoms. The number of hydrogen-bond donors (Lipinski definition) is 2. The van der Waals surface area contributed by atoms with Gasteiger partial charge in [-0.05, 0) is 39.3 Å². The van der Waals surface area contributed by atoms with E-state index in [9.17, 15) is 0 Å². The molecule has 3 heterocycles. The molecule has 6 nitrogen and oxygen atoms in total. The highest BCUT2D eigenvalue weighted by Gasteiger charge is 2.17. The van der Waals surface area contributed by atoms with Crippen LogP contribution in [0, 0.1) is 13.8 Å². The fraction of sp³-hybridized carbons (Fsp3) is 0.467. The van der Waals surface area contributed by atoms with E-state index in [2.05, 4.69) is 30.6 Å². The van der Waals surface area contributed by atoms with Crippen LogP contribution in [0.5, 0.6) is 0 Å². The van der Waals surface area contributed by atoms with Gasteiger partial charge in [-0.3, -0.25) is 4.98 Å². The second-order valence-corrected chi connectivity index (χ2v) is 5.47. The molecule has 1 fully saturated rings. The summed E-state index contributed by atoms with van der Waals surface area (Å²) in [6.07, 6.45) is 5.90. The lowest BCUT2D eigenvalue weighted by atomic mass is 9.96. The van der Waals surface area contributed by atoms with E-state index in [4.69, 9.17) is 0 Å². The Labute approximate surface area is 124 Å². The molecular formula is C15H20N6. The highest BCUT2D eigenvalue weighted by molar-refractivity contribution is 5.46. The molecular weight excluding hydrogens is 264 g/mol. The molecule has 0 saturated carbocycles. The molecule has 21 heavy (non-hydrogen) atoms. The molecule has 0 radical (unpaired) electrons. The van der Waals surface area contributed by atoms with E-state index in [1.165, 1.54) is 6.42 Å². The van der Waals surface area contributed by atoms with Crippen molar-refractivity contribution < 1.29 is 0 Å². The summed E-state index contributed by atoms with van der Waals surface area (Å²) in [4.78, 5) is 17.7. The van der Waals surface area contributed by atoms with E-state index in [0.29, 0.717) is 17.7 Å². The van der Waals surface area contributed by atoms with Crippen LogP contribution in [0.4, 0.5) is 11.8 Å². The first-order chi connectivity index (χ1) is 10.2. The molecule has 1 aliphatic heterocycles. The minimum atomic E-state index is 0.438. The van der Waals surface area contributed by atoms with Crippen LogP contribution in [-0.4, -0.2) is 33.0 Å². The van der Waals surface area contributed by atoms with Crippen molar-refractivity contribution >= 4 is 11.8 Å². The van der Waals surface area contributed by atoms with Gasteiger partial charge in [-0.25, -0.2) is 15.0 Å². The van der Waals surface area contributed by atoms with Crippen LogP contribution in [0.25, 0.3) is 0 Å². The first kappa shape index (κ1) is 13.9. The quantitative estimate of drug-likeness (QED) is 0.899. The van der Waals surface area contributed by atoms with E-state index >= 15 is 0 Å². The monoisotopic (exact) mass is 284 g/mol. The maximum absolute atomic E-state index is 4.66. The van der Waals surface area contributed by atoms with Gasteiger partial charge in [0.05, 0.1) is 11.9 Å². The summed E-state index contributed by atoms with van der Waals surface area (Å²) in [5.41, 5.74) is 2.90. The number of rotatable bonds is 3. The summed E-state index contributed by atoms with van der Waals surface area (Å²) in [6.45, 7) is 5.97. The van der Waals surface area contributed by atoms with Crippen molar-refractivity contribution in [2.24, 2.45) is 0 Å². The van der Waals surface area contributed by atoms with Crippen LogP contribution in [0.3, 0.4) is 0 Å². The Morgan fingerprint density at radius 2 is 1.95 bits per heavy atom. The van der Waals surface area contributed by atoms with Crippen molar-refractivity contribution in [2.45, 2.75) is 32.6 Å². The summed E-state index contributed by atoms with van der Waals surface area (Å²) in [5, 5.41) is 6.55. The number of anilines is 2. The number of piperidine rings is 1. The van der Waals surface area contributed by atoms with Gasteiger partial charge in [0.1, 0.15) is 0 Å². The number of aromatic nitrogens is 4.